The van der Waals surface area contributed by atoms with Crippen LogP contribution in [0.15, 0.2) is 203 Å². The molecule has 8 aromatic carbocycles. The average Bonchev–Trinajstić information content (AvgIpc) is 1.70. The van der Waals surface area contributed by atoms with Crippen molar-refractivity contribution < 1.29 is 47.0 Å². The maximum Gasteiger partial charge on any atom is 0.274 e. The van der Waals surface area contributed by atoms with Crippen LogP contribution in [0.2, 0.25) is 20.1 Å². The Morgan fingerprint density at radius 2 is 0.916 bits per heavy atom. The van der Waals surface area contributed by atoms with Gasteiger partial charge in [0.15, 0.2) is 24.5 Å². The van der Waals surface area contributed by atoms with Gasteiger partial charge in [0.2, 0.25) is 0 Å². The monoisotopic (exact) mass is 1360 g/mol. The summed E-state index contributed by atoms with van der Waals surface area (Å²) in [5.41, 5.74) is 9.01. The first-order valence-corrected chi connectivity index (χ1v) is 33.6. The van der Waals surface area contributed by atoms with E-state index in [4.69, 9.17) is 88.6 Å². The third-order valence-electron chi connectivity index (χ3n) is 15.5. The van der Waals surface area contributed by atoms with Crippen LogP contribution >= 0.6 is 46.4 Å². The van der Waals surface area contributed by atoms with Crippen LogP contribution in [0.4, 0.5) is 0 Å². The van der Waals surface area contributed by atoms with Gasteiger partial charge in [-0.05, 0) is 122 Å². The summed E-state index contributed by atoms with van der Waals surface area (Å²) in [6, 6.07) is 62.1. The van der Waals surface area contributed by atoms with Gasteiger partial charge in [-0.1, -0.05) is 209 Å². The molecule has 0 bridgehead atoms. The minimum Gasteiger partial charge on any atom is -0.488 e. The van der Waals surface area contributed by atoms with Crippen LogP contribution in [0.25, 0.3) is 44.9 Å². The largest absolute Gasteiger partial charge is 0.488 e. The fourth-order valence-corrected chi connectivity index (χ4v) is 11.5. The molecule has 13 rings (SSSR count). The van der Waals surface area contributed by atoms with Gasteiger partial charge in [0.1, 0.15) is 55.1 Å². The Labute approximate surface area is 576 Å². The second-order valence-electron chi connectivity index (χ2n) is 22.5. The number of nitrogens with zero attached hydrogens (tertiary/aromatic N) is 2. The quantitative estimate of drug-likeness (QED) is 0.0584. The zero-order valence-corrected chi connectivity index (χ0v) is 56.2. The molecule has 2 aromatic heterocycles. The highest BCUT2D eigenvalue weighted by atomic mass is 35.5. The van der Waals surface area contributed by atoms with Crippen LogP contribution in [-0.2, 0) is 47.2 Å². The molecule has 2 N–H and O–H groups in total. The lowest BCUT2D eigenvalue weighted by Gasteiger charge is -2.16. The maximum atomic E-state index is 13.0. The minimum absolute atomic E-state index is 0.133. The lowest BCUT2D eigenvalue weighted by atomic mass is 9.64. The number of nitrogens with one attached hydrogen (secondary N) is 2. The van der Waals surface area contributed by atoms with E-state index in [1.54, 1.807) is 30.3 Å². The molecule has 1 amide bonds. The number of hydrogen-bond donors (Lipinski definition) is 2. The van der Waals surface area contributed by atoms with E-state index in [2.05, 4.69) is 28.2 Å². The van der Waals surface area contributed by atoms with E-state index in [0.29, 0.717) is 122 Å². The van der Waals surface area contributed by atoms with Crippen LogP contribution in [0.5, 0.6) is 23.0 Å². The van der Waals surface area contributed by atoms with E-state index >= 15 is 0 Å². The molecule has 3 saturated heterocycles. The number of rotatable bonds is 23. The van der Waals surface area contributed by atoms with Gasteiger partial charge in [-0.15, -0.1) is 0 Å². The van der Waals surface area contributed by atoms with Gasteiger partial charge >= 0.3 is 0 Å². The van der Waals surface area contributed by atoms with Crippen molar-refractivity contribution in [3.8, 4) is 67.9 Å². The van der Waals surface area contributed by atoms with Crippen molar-refractivity contribution >= 4 is 59.6 Å². The van der Waals surface area contributed by atoms with Crippen LogP contribution < -0.4 is 29.6 Å². The van der Waals surface area contributed by atoms with Crippen LogP contribution in [-0.4, -0.2) is 75.0 Å². The number of benzene rings is 8. The number of carbonyl (C=O) groups excluding carboxylic acids is 1. The molecule has 14 nitrogen and oxygen atoms in total. The van der Waals surface area contributed by atoms with Crippen molar-refractivity contribution in [1.82, 2.24) is 20.9 Å². The van der Waals surface area contributed by atoms with Gasteiger partial charge < -0.3 is 52.8 Å². The average molecular weight is 1360 g/mol. The number of hydrogen-bond acceptors (Lipinski definition) is 13. The molecule has 491 valence electrons. The van der Waals surface area contributed by atoms with E-state index in [9.17, 15) is 4.79 Å². The zero-order chi connectivity index (χ0) is 66.0. The fraction of sp³-hybridized carbons (Fsp3) is 0.276. The zero-order valence-electron chi connectivity index (χ0n) is 53.2. The Balaban J connectivity index is 0.000000167. The summed E-state index contributed by atoms with van der Waals surface area (Å²) in [6.45, 7) is 10.9. The summed E-state index contributed by atoms with van der Waals surface area (Å²) in [5, 5.41) is 16.6. The Morgan fingerprint density at radius 3 is 1.32 bits per heavy atom. The standard InChI is InChI=1S/C32H26Cl2N2O4.C32H28Cl2N2O3.C8H14BO2.C4H8O/c1-2-35-32(37)30-29(23-14-9-15-24(33)16-23)31(40-36-30)25-17-26(34)28(39-20-22-12-7-4-8-13-22)18-27(25)38-19-21-10-5-3-6-11-21;1-2-35-19-28-31(24-14-9-15-25(33)16-24)32(39-36-28)26-17-27(34)30(38-21-23-12-7-4-8-13-23)18-29(26)37-20-22-10-5-3-6-11-22;1-3-7(10-5-1)9-8-4-2-6-11-8;1-2-4-5-3-1/h3-18H,2,19-20H2,1H3,(H,35,37);3-18,35H,2,19-21H2,1H3;7-8H,1-6H2;1-4H2. The second-order valence-corrected chi connectivity index (χ2v) is 24.2. The van der Waals surface area contributed by atoms with Crippen molar-refractivity contribution in [1.29, 1.82) is 0 Å². The number of amides is 1. The SMILES string of the molecule is C1CCOC1.CCNC(=O)c1noc(-c2cc(Cl)c(OCc3ccccc3)cc2OCc2ccccc2)c1-c1cccc(Cl)c1.CCNCc1noc(-c2cc(Cl)c(OCc3ccccc3)cc2OCc2ccccc2)c1-c1cccc(Cl)c1.[B](C1CCCO1)C1CCCO1. The number of halogens is 4. The molecule has 2 unspecified atom stereocenters. The number of ether oxygens (including phenoxy) is 7. The molecule has 3 aliphatic heterocycles. The minimum atomic E-state index is -0.367. The molecular weight excluding hydrogens is 1280 g/mol. The smallest absolute Gasteiger partial charge is 0.274 e. The molecule has 3 aliphatic rings. The van der Waals surface area contributed by atoms with Crippen LogP contribution in [0.1, 0.15) is 90.8 Å². The van der Waals surface area contributed by atoms with Crippen LogP contribution in [0, 0.1) is 0 Å². The number of carbonyl (C=O) groups is 1. The fourth-order valence-electron chi connectivity index (χ4n) is 10.7. The van der Waals surface area contributed by atoms with E-state index < -0.39 is 0 Å². The first kappa shape index (κ1) is 69.7. The molecule has 0 spiro atoms. The molecule has 3 fully saturated rings. The first-order chi connectivity index (χ1) is 46.6. The first-order valence-electron chi connectivity index (χ1n) is 32.1. The van der Waals surface area contributed by atoms with Gasteiger partial charge in [0, 0.05) is 73.7 Å². The Bertz CT molecular complexity index is 3960. The Hall–Kier alpha value is -8.09. The summed E-state index contributed by atoms with van der Waals surface area (Å²) >= 11 is 26.2. The van der Waals surface area contributed by atoms with Crippen molar-refractivity contribution in [2.24, 2.45) is 0 Å². The number of aromatic nitrogens is 2. The van der Waals surface area contributed by atoms with E-state index in [1.165, 1.54) is 38.5 Å². The molecule has 5 heterocycles. The van der Waals surface area contributed by atoms with E-state index in [-0.39, 0.29) is 18.2 Å². The second kappa shape index (κ2) is 36.7. The predicted octanol–water partition coefficient (Wildman–Crippen LogP) is 18.6. The summed E-state index contributed by atoms with van der Waals surface area (Å²) in [4.78, 5) is 13.0. The van der Waals surface area contributed by atoms with Gasteiger partial charge in [-0.3, -0.25) is 4.79 Å². The summed E-state index contributed by atoms with van der Waals surface area (Å²) < 4.78 is 52.6. The molecule has 10 aromatic rings. The molecular formula is C76H76BCl4N4O10. The van der Waals surface area contributed by atoms with E-state index in [1.807, 2.05) is 178 Å². The highest BCUT2D eigenvalue weighted by molar-refractivity contribution is 6.39. The Morgan fingerprint density at radius 1 is 0.484 bits per heavy atom. The highest BCUT2D eigenvalue weighted by Gasteiger charge is 2.29. The van der Waals surface area contributed by atoms with Crippen molar-refractivity contribution in [2.75, 3.05) is 39.5 Å². The van der Waals surface area contributed by atoms with E-state index in [0.717, 1.165) is 72.0 Å². The summed E-state index contributed by atoms with van der Waals surface area (Å²) in [7, 11) is 2.24. The third kappa shape index (κ3) is 20.5. The molecule has 0 aliphatic carbocycles. The normalized spacial score (nSPS) is 14.7. The van der Waals surface area contributed by atoms with Gasteiger partial charge in [-0.25, -0.2) is 0 Å². The maximum absolute atomic E-state index is 13.0. The molecule has 1 radical (unpaired) electrons. The molecule has 19 heteroatoms. The predicted molar refractivity (Wildman–Crippen MR) is 377 cm³/mol. The van der Waals surface area contributed by atoms with Crippen molar-refractivity contribution in [3.05, 3.63) is 248 Å². The van der Waals surface area contributed by atoms with Gasteiger partial charge in [-0.2, -0.15) is 0 Å². The lowest BCUT2D eigenvalue weighted by molar-refractivity contribution is 0.0947. The van der Waals surface area contributed by atoms with Gasteiger partial charge in [0.05, 0.1) is 32.3 Å². The van der Waals surface area contributed by atoms with Gasteiger partial charge in [0.25, 0.3) is 5.91 Å². The third-order valence-corrected chi connectivity index (χ3v) is 16.5. The lowest BCUT2D eigenvalue weighted by Crippen LogP contribution is -2.27. The Kier molecular flexibility index (Phi) is 26.9. The molecule has 0 saturated carbocycles. The molecule has 2 atom stereocenters. The highest BCUT2D eigenvalue weighted by Crippen LogP contribution is 2.47. The summed E-state index contributed by atoms with van der Waals surface area (Å²) in [5.74, 6) is 2.49. The van der Waals surface area contributed by atoms with Crippen molar-refractivity contribution in [3.63, 3.8) is 0 Å². The summed E-state index contributed by atoms with van der Waals surface area (Å²) in [6.07, 6.45) is 7.38. The topological polar surface area (TPSA) is 158 Å². The van der Waals surface area contributed by atoms with Crippen molar-refractivity contribution in [2.45, 2.75) is 97.4 Å². The van der Waals surface area contributed by atoms with Crippen LogP contribution in [0.3, 0.4) is 0 Å². The molecule has 95 heavy (non-hydrogen) atoms.